The van der Waals surface area contributed by atoms with Crippen molar-refractivity contribution in [2.45, 2.75) is 12.8 Å². The summed E-state index contributed by atoms with van der Waals surface area (Å²) in [5.74, 6) is 2.07. The first-order chi connectivity index (χ1) is 14.3. The number of carbonyl (C=O) groups excluding carboxylic acids is 1. The average molecular weight is 399 g/mol. The number of para-hydroxylation sites is 3. The van der Waals surface area contributed by atoms with Crippen LogP contribution in [0.25, 0.3) is 0 Å². The average Bonchev–Trinajstić information content (AvgIpc) is 2.79. The Hall–Kier alpha value is -2.73. The lowest BCUT2D eigenvalue weighted by Gasteiger charge is -2.36. The zero-order valence-corrected chi connectivity index (χ0v) is 17.3. The largest absolute Gasteiger partial charge is 0.495 e. The third-order valence-corrected chi connectivity index (χ3v) is 5.27. The van der Waals surface area contributed by atoms with Crippen molar-refractivity contribution in [3.05, 3.63) is 48.0 Å². The number of nitrogens with zero attached hydrogens (tertiary/aromatic N) is 2. The standard InChI is InChI=1S/C23H30N2O4/c1-27-21-10-4-3-9-20(21)25-15-13-24(14-16-25)12-5-6-17-29-23-19(18-26)8-7-11-22(23)28-2/h3-4,7-11,18H,5-6,12-17H2,1-2H3. The number of benzene rings is 2. The Labute approximate surface area is 173 Å². The Morgan fingerprint density at radius 2 is 1.62 bits per heavy atom. The van der Waals surface area contributed by atoms with Gasteiger partial charge < -0.3 is 19.1 Å². The van der Waals surface area contributed by atoms with Gasteiger partial charge in [0.15, 0.2) is 17.8 Å². The van der Waals surface area contributed by atoms with E-state index in [-0.39, 0.29) is 0 Å². The van der Waals surface area contributed by atoms with Crippen LogP contribution in [0.4, 0.5) is 5.69 Å². The van der Waals surface area contributed by atoms with Crippen LogP contribution in [0.1, 0.15) is 23.2 Å². The molecule has 0 spiro atoms. The fraction of sp³-hybridized carbons (Fsp3) is 0.435. The zero-order chi connectivity index (χ0) is 20.5. The molecule has 0 amide bonds. The van der Waals surface area contributed by atoms with E-state index >= 15 is 0 Å². The summed E-state index contributed by atoms with van der Waals surface area (Å²) in [6.07, 6.45) is 2.79. The van der Waals surface area contributed by atoms with E-state index in [0.717, 1.165) is 57.6 Å². The van der Waals surface area contributed by atoms with Crippen LogP contribution in [0, 0.1) is 0 Å². The Morgan fingerprint density at radius 3 is 2.34 bits per heavy atom. The van der Waals surface area contributed by atoms with Gasteiger partial charge in [0, 0.05) is 26.2 Å². The molecule has 2 aromatic carbocycles. The van der Waals surface area contributed by atoms with Gasteiger partial charge in [-0.25, -0.2) is 0 Å². The monoisotopic (exact) mass is 398 g/mol. The van der Waals surface area contributed by atoms with Gasteiger partial charge in [0.05, 0.1) is 32.1 Å². The van der Waals surface area contributed by atoms with Gasteiger partial charge in [0.25, 0.3) is 0 Å². The number of piperazine rings is 1. The number of unbranched alkanes of at least 4 members (excludes halogenated alkanes) is 1. The number of ether oxygens (including phenoxy) is 3. The Balaban J connectivity index is 1.39. The maximum Gasteiger partial charge on any atom is 0.171 e. The highest BCUT2D eigenvalue weighted by Gasteiger charge is 2.19. The summed E-state index contributed by atoms with van der Waals surface area (Å²) in [5, 5.41) is 0. The molecule has 156 valence electrons. The fourth-order valence-corrected chi connectivity index (χ4v) is 3.66. The van der Waals surface area contributed by atoms with Crippen LogP contribution in [0.5, 0.6) is 17.2 Å². The van der Waals surface area contributed by atoms with Gasteiger partial charge >= 0.3 is 0 Å². The summed E-state index contributed by atoms with van der Waals surface area (Å²) in [5.41, 5.74) is 1.70. The molecule has 0 atom stereocenters. The second-order valence-corrected chi connectivity index (χ2v) is 7.05. The first kappa shape index (κ1) is 21.0. The van der Waals surface area contributed by atoms with Gasteiger partial charge in [0.1, 0.15) is 5.75 Å². The van der Waals surface area contributed by atoms with Crippen molar-refractivity contribution in [2.75, 3.05) is 58.5 Å². The van der Waals surface area contributed by atoms with Crippen LogP contribution < -0.4 is 19.1 Å². The van der Waals surface area contributed by atoms with E-state index < -0.39 is 0 Å². The number of methoxy groups -OCH3 is 2. The van der Waals surface area contributed by atoms with Crippen molar-refractivity contribution in [1.82, 2.24) is 4.90 Å². The van der Waals surface area contributed by atoms with E-state index in [2.05, 4.69) is 21.9 Å². The Bertz CT molecular complexity index is 788. The maximum atomic E-state index is 11.2. The second-order valence-electron chi connectivity index (χ2n) is 7.05. The minimum absolute atomic E-state index is 0.525. The van der Waals surface area contributed by atoms with Crippen molar-refractivity contribution in [2.24, 2.45) is 0 Å². The van der Waals surface area contributed by atoms with Gasteiger partial charge in [-0.1, -0.05) is 18.2 Å². The molecule has 0 bridgehead atoms. The minimum atomic E-state index is 0.525. The number of hydrogen-bond acceptors (Lipinski definition) is 6. The zero-order valence-electron chi connectivity index (χ0n) is 17.3. The highest BCUT2D eigenvalue weighted by molar-refractivity contribution is 5.81. The summed E-state index contributed by atoms with van der Waals surface area (Å²) < 4.78 is 16.6. The SMILES string of the molecule is COc1ccccc1N1CCN(CCCCOc2c(C=O)cccc2OC)CC1. The molecule has 6 heteroatoms. The maximum absolute atomic E-state index is 11.2. The van der Waals surface area contributed by atoms with Crippen LogP contribution in [0.3, 0.4) is 0 Å². The summed E-state index contributed by atoms with van der Waals surface area (Å²) in [4.78, 5) is 16.1. The van der Waals surface area contributed by atoms with E-state index in [1.165, 1.54) is 5.69 Å². The number of rotatable bonds is 10. The van der Waals surface area contributed by atoms with Crippen LogP contribution in [-0.4, -0.2) is 64.7 Å². The van der Waals surface area contributed by atoms with E-state index in [0.29, 0.717) is 23.7 Å². The highest BCUT2D eigenvalue weighted by Crippen LogP contribution is 2.30. The van der Waals surface area contributed by atoms with Crippen molar-refractivity contribution in [3.8, 4) is 17.2 Å². The minimum Gasteiger partial charge on any atom is -0.495 e. The number of anilines is 1. The molecule has 0 aromatic heterocycles. The predicted octanol–water partition coefficient (Wildman–Crippen LogP) is 3.50. The number of carbonyl (C=O) groups is 1. The molecule has 0 saturated carbocycles. The summed E-state index contributed by atoms with van der Waals surface area (Å²) in [6.45, 7) is 5.71. The molecule has 1 saturated heterocycles. The molecule has 2 aromatic rings. The van der Waals surface area contributed by atoms with Crippen LogP contribution in [0.15, 0.2) is 42.5 Å². The predicted molar refractivity (Wildman–Crippen MR) is 115 cm³/mol. The molecule has 1 aliphatic heterocycles. The van der Waals surface area contributed by atoms with Gasteiger partial charge in [-0.3, -0.25) is 9.69 Å². The molecule has 0 aliphatic carbocycles. The molecule has 0 unspecified atom stereocenters. The van der Waals surface area contributed by atoms with Gasteiger partial charge in [-0.05, 0) is 43.7 Å². The van der Waals surface area contributed by atoms with Crippen LogP contribution in [0.2, 0.25) is 0 Å². The van der Waals surface area contributed by atoms with Gasteiger partial charge in [-0.15, -0.1) is 0 Å². The lowest BCUT2D eigenvalue weighted by Crippen LogP contribution is -2.46. The molecule has 1 aliphatic rings. The first-order valence-corrected chi connectivity index (χ1v) is 10.1. The quantitative estimate of drug-likeness (QED) is 0.451. The van der Waals surface area contributed by atoms with E-state index in [9.17, 15) is 4.79 Å². The summed E-state index contributed by atoms with van der Waals surface area (Å²) in [6, 6.07) is 13.5. The normalized spacial score (nSPS) is 14.5. The van der Waals surface area contributed by atoms with Crippen molar-refractivity contribution >= 4 is 12.0 Å². The second kappa shape index (κ2) is 10.7. The first-order valence-electron chi connectivity index (χ1n) is 10.1. The van der Waals surface area contributed by atoms with Gasteiger partial charge in [0.2, 0.25) is 0 Å². The number of aldehydes is 1. The van der Waals surface area contributed by atoms with E-state index in [4.69, 9.17) is 14.2 Å². The van der Waals surface area contributed by atoms with Crippen molar-refractivity contribution < 1.29 is 19.0 Å². The molecule has 3 rings (SSSR count). The Kier molecular flexibility index (Phi) is 7.76. The molecule has 1 heterocycles. The molecular weight excluding hydrogens is 368 g/mol. The third kappa shape index (κ3) is 5.41. The van der Waals surface area contributed by atoms with Gasteiger partial charge in [-0.2, -0.15) is 0 Å². The summed E-state index contributed by atoms with van der Waals surface area (Å²) >= 11 is 0. The lowest BCUT2D eigenvalue weighted by molar-refractivity contribution is 0.111. The Morgan fingerprint density at radius 1 is 0.897 bits per heavy atom. The molecular formula is C23H30N2O4. The molecule has 1 fully saturated rings. The highest BCUT2D eigenvalue weighted by atomic mass is 16.5. The lowest BCUT2D eigenvalue weighted by atomic mass is 10.2. The van der Waals surface area contributed by atoms with E-state index in [1.807, 2.05) is 18.2 Å². The topological polar surface area (TPSA) is 51.2 Å². The van der Waals surface area contributed by atoms with Crippen molar-refractivity contribution in [3.63, 3.8) is 0 Å². The smallest absolute Gasteiger partial charge is 0.171 e. The van der Waals surface area contributed by atoms with E-state index in [1.54, 1.807) is 26.4 Å². The fourth-order valence-electron chi connectivity index (χ4n) is 3.66. The third-order valence-electron chi connectivity index (χ3n) is 5.27. The molecule has 29 heavy (non-hydrogen) atoms. The molecule has 0 N–H and O–H groups in total. The van der Waals surface area contributed by atoms with Crippen LogP contribution >= 0.6 is 0 Å². The van der Waals surface area contributed by atoms with Crippen molar-refractivity contribution in [1.29, 1.82) is 0 Å². The molecule has 6 nitrogen and oxygen atoms in total. The summed E-state index contributed by atoms with van der Waals surface area (Å²) in [7, 11) is 3.31. The number of hydrogen-bond donors (Lipinski definition) is 0. The van der Waals surface area contributed by atoms with Crippen LogP contribution in [-0.2, 0) is 0 Å². The molecule has 0 radical (unpaired) electrons.